The molecule has 0 fully saturated rings. The first-order valence-electron chi connectivity index (χ1n) is 7.92. The Hall–Kier alpha value is -2.82. The van der Waals surface area contributed by atoms with Gasteiger partial charge in [0, 0.05) is 38.4 Å². The molecule has 2 N–H and O–H groups in total. The van der Waals surface area contributed by atoms with Gasteiger partial charge >= 0.3 is 0 Å². The lowest BCUT2D eigenvalue weighted by Crippen LogP contribution is -2.35. The SMILES string of the molecule is CN(C)c1ccc(C(=O)NCCNC(=O)Cc2ccccc2)cc1. The van der Waals surface area contributed by atoms with Gasteiger partial charge in [0.2, 0.25) is 5.91 Å². The van der Waals surface area contributed by atoms with Crippen LogP contribution in [0.25, 0.3) is 0 Å². The Labute approximate surface area is 142 Å². The van der Waals surface area contributed by atoms with Gasteiger partial charge in [-0.25, -0.2) is 0 Å². The van der Waals surface area contributed by atoms with E-state index in [1.807, 2.05) is 61.5 Å². The minimum Gasteiger partial charge on any atom is -0.378 e. The number of anilines is 1. The molecule has 2 amide bonds. The smallest absolute Gasteiger partial charge is 0.251 e. The Morgan fingerprint density at radius 1 is 0.875 bits per heavy atom. The summed E-state index contributed by atoms with van der Waals surface area (Å²) >= 11 is 0. The monoisotopic (exact) mass is 325 g/mol. The molecule has 0 aliphatic rings. The predicted molar refractivity (Wildman–Crippen MR) is 96.3 cm³/mol. The predicted octanol–water partition coefficient (Wildman–Crippen LogP) is 1.84. The van der Waals surface area contributed by atoms with Gasteiger partial charge in [0.05, 0.1) is 6.42 Å². The van der Waals surface area contributed by atoms with Crippen LogP contribution in [0.4, 0.5) is 5.69 Å². The summed E-state index contributed by atoms with van der Waals surface area (Å²) in [5.74, 6) is -0.191. The third-order valence-electron chi connectivity index (χ3n) is 3.59. The minimum atomic E-state index is -0.141. The molecular formula is C19H23N3O2. The molecule has 2 rings (SSSR count). The maximum atomic E-state index is 12.0. The molecule has 0 heterocycles. The highest BCUT2D eigenvalue weighted by atomic mass is 16.2. The van der Waals surface area contributed by atoms with Gasteiger partial charge in [-0.05, 0) is 29.8 Å². The molecule has 0 radical (unpaired) electrons. The van der Waals surface area contributed by atoms with E-state index in [2.05, 4.69) is 10.6 Å². The molecule has 5 nitrogen and oxygen atoms in total. The van der Waals surface area contributed by atoms with Gasteiger partial charge in [-0.15, -0.1) is 0 Å². The standard InChI is InChI=1S/C19H23N3O2/c1-22(2)17-10-8-16(9-11-17)19(24)21-13-12-20-18(23)14-15-6-4-3-5-7-15/h3-11H,12-14H2,1-2H3,(H,20,23)(H,21,24). The fourth-order valence-electron chi connectivity index (χ4n) is 2.23. The Bertz CT molecular complexity index is 667. The van der Waals surface area contributed by atoms with Crippen molar-refractivity contribution in [1.29, 1.82) is 0 Å². The normalized spacial score (nSPS) is 10.1. The molecule has 0 saturated carbocycles. The van der Waals surface area contributed by atoms with Crippen LogP contribution in [-0.2, 0) is 11.2 Å². The van der Waals surface area contributed by atoms with Crippen LogP contribution in [0.1, 0.15) is 15.9 Å². The van der Waals surface area contributed by atoms with Crippen LogP contribution < -0.4 is 15.5 Å². The Balaban J connectivity index is 1.70. The lowest BCUT2D eigenvalue weighted by Gasteiger charge is -2.12. The van der Waals surface area contributed by atoms with Gasteiger partial charge in [-0.2, -0.15) is 0 Å². The summed E-state index contributed by atoms with van der Waals surface area (Å²) in [6.07, 6.45) is 0.348. The van der Waals surface area contributed by atoms with Gasteiger partial charge in [-0.1, -0.05) is 30.3 Å². The van der Waals surface area contributed by atoms with E-state index in [9.17, 15) is 9.59 Å². The fourth-order valence-corrected chi connectivity index (χ4v) is 2.23. The van der Waals surface area contributed by atoms with Crippen molar-refractivity contribution in [3.63, 3.8) is 0 Å². The van der Waals surface area contributed by atoms with Crippen LogP contribution >= 0.6 is 0 Å². The van der Waals surface area contributed by atoms with Crippen LogP contribution in [0.5, 0.6) is 0 Å². The van der Waals surface area contributed by atoms with Crippen molar-refractivity contribution in [1.82, 2.24) is 10.6 Å². The minimum absolute atomic E-state index is 0.0502. The molecule has 0 spiro atoms. The maximum absolute atomic E-state index is 12.0. The van der Waals surface area contributed by atoms with Crippen LogP contribution in [-0.4, -0.2) is 39.0 Å². The van der Waals surface area contributed by atoms with Crippen molar-refractivity contribution < 1.29 is 9.59 Å². The second-order valence-electron chi connectivity index (χ2n) is 5.71. The van der Waals surface area contributed by atoms with E-state index in [0.29, 0.717) is 25.1 Å². The molecule has 0 aliphatic heterocycles. The van der Waals surface area contributed by atoms with Crippen molar-refractivity contribution in [3.05, 3.63) is 65.7 Å². The summed E-state index contributed by atoms with van der Waals surface area (Å²) < 4.78 is 0. The van der Waals surface area contributed by atoms with Crippen molar-refractivity contribution >= 4 is 17.5 Å². The van der Waals surface area contributed by atoms with Gasteiger partial charge in [0.15, 0.2) is 0 Å². The number of benzene rings is 2. The molecule has 0 aliphatic carbocycles. The first-order valence-corrected chi connectivity index (χ1v) is 7.92. The molecule has 2 aromatic rings. The highest BCUT2D eigenvalue weighted by Gasteiger charge is 2.06. The molecule has 0 unspecified atom stereocenters. The molecule has 0 aromatic heterocycles. The number of amides is 2. The summed E-state index contributed by atoms with van der Waals surface area (Å²) in [5.41, 5.74) is 2.62. The van der Waals surface area contributed by atoms with Crippen molar-refractivity contribution in [2.24, 2.45) is 0 Å². The molecule has 2 aromatic carbocycles. The maximum Gasteiger partial charge on any atom is 0.251 e. The van der Waals surface area contributed by atoms with E-state index in [1.165, 1.54) is 0 Å². The Morgan fingerprint density at radius 2 is 1.50 bits per heavy atom. The zero-order valence-electron chi connectivity index (χ0n) is 14.1. The Morgan fingerprint density at radius 3 is 2.12 bits per heavy atom. The van der Waals surface area contributed by atoms with Gasteiger partial charge in [-0.3, -0.25) is 9.59 Å². The molecule has 126 valence electrons. The number of carbonyl (C=O) groups excluding carboxylic acids is 2. The number of carbonyl (C=O) groups is 2. The van der Waals surface area contributed by atoms with Crippen LogP contribution in [0.2, 0.25) is 0 Å². The zero-order chi connectivity index (χ0) is 17.4. The van der Waals surface area contributed by atoms with Gasteiger partial charge in [0.25, 0.3) is 5.91 Å². The van der Waals surface area contributed by atoms with Crippen molar-refractivity contribution in [2.45, 2.75) is 6.42 Å². The lowest BCUT2D eigenvalue weighted by molar-refractivity contribution is -0.120. The topological polar surface area (TPSA) is 61.4 Å². The number of nitrogens with one attached hydrogen (secondary N) is 2. The van der Waals surface area contributed by atoms with Gasteiger partial charge in [0.1, 0.15) is 0 Å². The Kier molecular flexibility index (Phi) is 6.37. The van der Waals surface area contributed by atoms with E-state index >= 15 is 0 Å². The van der Waals surface area contributed by atoms with E-state index in [1.54, 1.807) is 12.1 Å². The molecule has 0 atom stereocenters. The first kappa shape index (κ1) is 17.5. The fraction of sp³-hybridized carbons (Fsp3) is 0.263. The van der Waals surface area contributed by atoms with Gasteiger partial charge < -0.3 is 15.5 Å². The van der Waals surface area contributed by atoms with Crippen molar-refractivity contribution in [2.75, 3.05) is 32.1 Å². The second kappa shape index (κ2) is 8.72. The molecular weight excluding hydrogens is 302 g/mol. The third-order valence-corrected chi connectivity index (χ3v) is 3.59. The van der Waals surface area contributed by atoms with E-state index in [4.69, 9.17) is 0 Å². The van der Waals surface area contributed by atoms with Crippen LogP contribution in [0.3, 0.4) is 0 Å². The highest BCUT2D eigenvalue weighted by molar-refractivity contribution is 5.94. The number of hydrogen-bond donors (Lipinski definition) is 2. The second-order valence-corrected chi connectivity index (χ2v) is 5.71. The number of nitrogens with zero attached hydrogens (tertiary/aromatic N) is 1. The summed E-state index contributed by atoms with van der Waals surface area (Å²) in [6, 6.07) is 16.9. The first-order chi connectivity index (χ1) is 11.6. The largest absolute Gasteiger partial charge is 0.378 e. The van der Waals surface area contributed by atoms with E-state index < -0.39 is 0 Å². The molecule has 0 bridgehead atoms. The van der Waals surface area contributed by atoms with E-state index in [0.717, 1.165) is 11.3 Å². The quantitative estimate of drug-likeness (QED) is 0.764. The number of hydrogen-bond acceptors (Lipinski definition) is 3. The lowest BCUT2D eigenvalue weighted by atomic mass is 10.1. The zero-order valence-corrected chi connectivity index (χ0v) is 14.1. The van der Waals surface area contributed by atoms with Crippen molar-refractivity contribution in [3.8, 4) is 0 Å². The molecule has 0 saturated heterocycles. The van der Waals surface area contributed by atoms with Crippen LogP contribution in [0, 0.1) is 0 Å². The molecule has 24 heavy (non-hydrogen) atoms. The average Bonchev–Trinajstić information content (AvgIpc) is 2.59. The highest BCUT2D eigenvalue weighted by Crippen LogP contribution is 2.11. The summed E-state index contributed by atoms with van der Waals surface area (Å²) in [4.78, 5) is 25.8. The average molecular weight is 325 g/mol. The van der Waals surface area contributed by atoms with Crippen LogP contribution in [0.15, 0.2) is 54.6 Å². The molecule has 5 heteroatoms. The summed E-state index contributed by atoms with van der Waals surface area (Å²) in [6.45, 7) is 0.808. The summed E-state index contributed by atoms with van der Waals surface area (Å²) in [5, 5.41) is 5.60. The number of rotatable bonds is 7. The summed E-state index contributed by atoms with van der Waals surface area (Å²) in [7, 11) is 3.90. The van der Waals surface area contributed by atoms with E-state index in [-0.39, 0.29) is 11.8 Å². The third kappa shape index (κ3) is 5.43.